The molecule has 224 valence electrons. The van der Waals surface area contributed by atoms with Crippen LogP contribution in [0.25, 0.3) is 10.4 Å². The number of amides is 4. The maximum Gasteiger partial charge on any atom is 0.410 e. The van der Waals surface area contributed by atoms with E-state index in [0.29, 0.717) is 31.5 Å². The van der Waals surface area contributed by atoms with Crippen LogP contribution in [0, 0.1) is 11.8 Å². The van der Waals surface area contributed by atoms with Crippen molar-refractivity contribution in [3.8, 4) is 11.8 Å². The Labute approximate surface area is 246 Å². The minimum absolute atomic E-state index is 0.000691. The fourth-order valence-corrected chi connectivity index (χ4v) is 5.79. The molecule has 4 amide bonds. The van der Waals surface area contributed by atoms with Crippen molar-refractivity contribution >= 4 is 23.8 Å². The molecule has 2 heterocycles. The first-order valence-electron chi connectivity index (χ1n) is 14.9. The molecule has 0 spiro atoms. The van der Waals surface area contributed by atoms with Crippen molar-refractivity contribution in [1.82, 2.24) is 15.1 Å². The number of nitrogens with zero attached hydrogens (tertiary/aromatic N) is 5. The Balaban J connectivity index is 1.25. The number of fused-ring (bicyclic) bond motifs is 1. The summed E-state index contributed by atoms with van der Waals surface area (Å²) in [4.78, 5) is 55.9. The molecule has 11 heteroatoms. The van der Waals surface area contributed by atoms with E-state index in [4.69, 9.17) is 10.3 Å². The summed E-state index contributed by atoms with van der Waals surface area (Å²) in [7, 11) is 0. The molecule has 1 aromatic rings. The van der Waals surface area contributed by atoms with Crippen molar-refractivity contribution in [2.24, 2.45) is 5.11 Å². The Morgan fingerprint density at radius 2 is 1.90 bits per heavy atom. The van der Waals surface area contributed by atoms with Crippen molar-refractivity contribution in [2.75, 3.05) is 6.54 Å². The zero-order valence-corrected chi connectivity index (χ0v) is 24.7. The van der Waals surface area contributed by atoms with Crippen molar-refractivity contribution in [3.63, 3.8) is 0 Å². The molecule has 2 aliphatic heterocycles. The number of rotatable bonds is 8. The van der Waals surface area contributed by atoms with Gasteiger partial charge in [0.05, 0.1) is 0 Å². The number of unbranched alkanes of at least 4 members (excludes halogenated alkanes) is 3. The van der Waals surface area contributed by atoms with E-state index in [-0.39, 0.29) is 36.4 Å². The second kappa shape index (κ2) is 13.8. The van der Waals surface area contributed by atoms with Crippen LogP contribution < -0.4 is 5.32 Å². The van der Waals surface area contributed by atoms with Crippen LogP contribution in [0.3, 0.4) is 0 Å². The molecule has 1 unspecified atom stereocenters. The van der Waals surface area contributed by atoms with Gasteiger partial charge >= 0.3 is 6.09 Å². The summed E-state index contributed by atoms with van der Waals surface area (Å²) in [5.41, 5.74) is 10.4. The van der Waals surface area contributed by atoms with E-state index in [1.807, 2.05) is 37.8 Å². The predicted octanol–water partition coefficient (Wildman–Crippen LogP) is 5.22. The van der Waals surface area contributed by atoms with Crippen molar-refractivity contribution in [2.45, 2.75) is 115 Å². The lowest BCUT2D eigenvalue weighted by atomic mass is 9.90. The SMILES string of the molecule is CC(C)(C)OC(=O)N(CCCCCC#Cc1ccc2c(c1)CN(C1CCC(=O)NC1=O)C2=O)C1CCC(N=[N+]=[N-])CC1. The van der Waals surface area contributed by atoms with Crippen LogP contribution in [0.1, 0.15) is 106 Å². The zero-order valence-electron chi connectivity index (χ0n) is 24.7. The summed E-state index contributed by atoms with van der Waals surface area (Å²) < 4.78 is 5.69. The number of azide groups is 1. The molecule has 0 bridgehead atoms. The summed E-state index contributed by atoms with van der Waals surface area (Å²) in [6, 6.07) is 4.95. The highest BCUT2D eigenvalue weighted by Crippen LogP contribution is 2.29. The van der Waals surface area contributed by atoms with E-state index in [9.17, 15) is 19.2 Å². The maximum absolute atomic E-state index is 13.0. The molecule has 1 aliphatic carbocycles. The molecule has 0 radical (unpaired) electrons. The summed E-state index contributed by atoms with van der Waals surface area (Å²) in [6.45, 7) is 6.55. The fraction of sp³-hybridized carbons (Fsp3) is 0.613. The van der Waals surface area contributed by atoms with E-state index in [2.05, 4.69) is 27.2 Å². The highest BCUT2D eigenvalue weighted by atomic mass is 16.6. The Morgan fingerprint density at radius 1 is 1.14 bits per heavy atom. The molecule has 0 aromatic heterocycles. The highest BCUT2D eigenvalue weighted by molar-refractivity contribution is 6.05. The molecule has 11 nitrogen and oxygen atoms in total. The first-order chi connectivity index (χ1) is 20.1. The van der Waals surface area contributed by atoms with E-state index in [1.54, 1.807) is 6.07 Å². The lowest BCUT2D eigenvalue weighted by Gasteiger charge is -2.37. The molecule has 42 heavy (non-hydrogen) atoms. The number of imide groups is 1. The third kappa shape index (κ3) is 8.04. The Morgan fingerprint density at radius 3 is 2.60 bits per heavy atom. The van der Waals surface area contributed by atoms with Crippen LogP contribution >= 0.6 is 0 Å². The van der Waals surface area contributed by atoms with Gasteiger partial charge in [-0.3, -0.25) is 19.7 Å². The van der Waals surface area contributed by atoms with Gasteiger partial charge in [0.15, 0.2) is 0 Å². The van der Waals surface area contributed by atoms with Crippen LogP contribution in [-0.2, 0) is 20.9 Å². The predicted molar refractivity (Wildman–Crippen MR) is 156 cm³/mol. The van der Waals surface area contributed by atoms with Crippen molar-refractivity contribution in [1.29, 1.82) is 0 Å². The summed E-state index contributed by atoms with van der Waals surface area (Å²) >= 11 is 0. The normalized spacial score (nSPS) is 21.9. The van der Waals surface area contributed by atoms with Gasteiger partial charge < -0.3 is 14.5 Å². The van der Waals surface area contributed by atoms with Crippen LogP contribution in [0.4, 0.5) is 4.79 Å². The van der Waals surface area contributed by atoms with Gasteiger partial charge in [0.1, 0.15) is 11.6 Å². The molecule has 4 rings (SSSR count). The molecule has 1 atom stereocenters. The number of benzene rings is 1. The third-order valence-corrected chi connectivity index (χ3v) is 7.91. The van der Waals surface area contributed by atoms with Crippen LogP contribution in [0.15, 0.2) is 23.3 Å². The van der Waals surface area contributed by atoms with Crippen molar-refractivity contribution < 1.29 is 23.9 Å². The molecule has 3 aliphatic rings. The fourth-order valence-electron chi connectivity index (χ4n) is 5.79. The van der Waals surface area contributed by atoms with Gasteiger partial charge in [-0.05, 0) is 95.0 Å². The average Bonchev–Trinajstić information content (AvgIpc) is 3.25. The standard InChI is InChI=1S/C31H40N6O5/c1-31(2,3)42-30(41)36(24-13-11-23(12-14-24)34-35-32)18-8-6-4-5-7-9-21-10-15-25-22(19-21)20-37(29(25)40)26-16-17-27(38)33-28(26)39/h10,15,19,23-24,26H,4-6,8,11-14,16-18,20H2,1-3H3,(H,33,38,39). The van der Waals surface area contributed by atoms with Gasteiger partial charge in [0.25, 0.3) is 5.91 Å². The van der Waals surface area contributed by atoms with Crippen LogP contribution in [0.2, 0.25) is 0 Å². The monoisotopic (exact) mass is 576 g/mol. The highest BCUT2D eigenvalue weighted by Gasteiger charge is 2.39. The van der Waals surface area contributed by atoms with Crippen molar-refractivity contribution in [3.05, 3.63) is 45.3 Å². The first-order valence-corrected chi connectivity index (χ1v) is 14.9. The number of hydrogen-bond acceptors (Lipinski definition) is 6. The summed E-state index contributed by atoms with van der Waals surface area (Å²) in [6.07, 6.45) is 6.78. The molecule has 1 N–H and O–H groups in total. The van der Waals surface area contributed by atoms with Gasteiger partial charge in [-0.1, -0.05) is 23.4 Å². The number of carbonyl (C=O) groups is 4. The third-order valence-electron chi connectivity index (χ3n) is 7.91. The molecular weight excluding hydrogens is 536 g/mol. The minimum atomic E-state index is -0.629. The quantitative estimate of drug-likeness (QED) is 0.113. The van der Waals surface area contributed by atoms with E-state index >= 15 is 0 Å². The molecule has 1 saturated heterocycles. The smallest absolute Gasteiger partial charge is 0.410 e. The lowest BCUT2D eigenvalue weighted by Crippen LogP contribution is -2.52. The number of carbonyl (C=O) groups excluding carboxylic acids is 4. The lowest BCUT2D eigenvalue weighted by molar-refractivity contribution is -0.136. The summed E-state index contributed by atoms with van der Waals surface area (Å²) in [5.74, 6) is 5.49. The zero-order chi connectivity index (χ0) is 30.3. The summed E-state index contributed by atoms with van der Waals surface area (Å²) in [5, 5.41) is 6.17. The van der Waals surface area contributed by atoms with Gasteiger partial charge in [0, 0.05) is 54.1 Å². The van der Waals surface area contributed by atoms with E-state index < -0.39 is 17.6 Å². The van der Waals surface area contributed by atoms with Gasteiger partial charge in [-0.15, -0.1) is 0 Å². The molecule has 1 saturated carbocycles. The second-order valence-corrected chi connectivity index (χ2v) is 12.2. The Kier molecular flexibility index (Phi) is 10.1. The number of ether oxygens (including phenoxy) is 1. The Hall–Kier alpha value is -4.03. The van der Waals surface area contributed by atoms with Gasteiger partial charge in [-0.2, -0.15) is 0 Å². The number of hydrogen-bond donors (Lipinski definition) is 1. The molecule has 2 fully saturated rings. The van der Waals surface area contributed by atoms with E-state index in [0.717, 1.165) is 56.1 Å². The van der Waals surface area contributed by atoms with Crippen LogP contribution in [-0.4, -0.2) is 63.9 Å². The topological polar surface area (TPSA) is 145 Å². The molecular formula is C31H40N6O5. The maximum atomic E-state index is 13.0. The van der Waals surface area contributed by atoms with Crippen LogP contribution in [0.5, 0.6) is 0 Å². The minimum Gasteiger partial charge on any atom is -0.444 e. The van der Waals surface area contributed by atoms with E-state index in [1.165, 1.54) is 4.90 Å². The second-order valence-electron chi connectivity index (χ2n) is 12.2. The number of piperidine rings is 1. The Bertz CT molecular complexity index is 1310. The number of nitrogens with one attached hydrogen (secondary N) is 1. The first kappa shape index (κ1) is 30.9. The average molecular weight is 577 g/mol. The molecule has 1 aromatic carbocycles. The largest absolute Gasteiger partial charge is 0.444 e. The van der Waals surface area contributed by atoms with Gasteiger partial charge in [-0.25, -0.2) is 4.79 Å². The van der Waals surface area contributed by atoms with Gasteiger partial charge in [0.2, 0.25) is 11.8 Å².